The number of rotatable bonds is 9. The van der Waals surface area contributed by atoms with Crippen molar-refractivity contribution in [2.24, 2.45) is 10.2 Å². The molecule has 4 aromatic carbocycles. The zero-order chi connectivity index (χ0) is 47.7. The number of hydrazone groups is 2. The van der Waals surface area contributed by atoms with Crippen LogP contribution >= 0.6 is 46.4 Å². The highest BCUT2D eigenvalue weighted by Crippen LogP contribution is 2.50. The van der Waals surface area contributed by atoms with Crippen molar-refractivity contribution in [2.45, 2.75) is 69.9 Å². The number of aromatic nitrogens is 2. The molecule has 3 aliphatic heterocycles. The van der Waals surface area contributed by atoms with Gasteiger partial charge >= 0.3 is 0 Å². The summed E-state index contributed by atoms with van der Waals surface area (Å²) in [7, 11) is 1.59. The molecule has 4 heterocycles. The Bertz CT molecular complexity index is 3150. The van der Waals surface area contributed by atoms with E-state index in [1.807, 2.05) is 23.1 Å². The third kappa shape index (κ3) is 8.40. The number of methoxy groups -OCH3 is 1. The fourth-order valence-electron chi connectivity index (χ4n) is 7.85. The van der Waals surface area contributed by atoms with Crippen molar-refractivity contribution in [3.63, 3.8) is 0 Å². The summed E-state index contributed by atoms with van der Waals surface area (Å²) in [5.41, 5.74) is 2.88. The third-order valence-electron chi connectivity index (χ3n) is 11.8. The number of carbonyl (C=O) groups is 5. The van der Waals surface area contributed by atoms with E-state index in [0.717, 1.165) is 58.0 Å². The molecule has 21 heteroatoms. The largest absolute Gasteiger partial charge is 0.468 e. The minimum atomic E-state index is -0.639. The van der Waals surface area contributed by atoms with Gasteiger partial charge in [0.2, 0.25) is 28.9 Å². The van der Waals surface area contributed by atoms with Crippen LogP contribution < -0.4 is 29.1 Å². The van der Waals surface area contributed by atoms with E-state index in [9.17, 15) is 24.0 Å². The van der Waals surface area contributed by atoms with Gasteiger partial charge < -0.3 is 19.1 Å². The second-order valence-corrected chi connectivity index (χ2v) is 18.3. The van der Waals surface area contributed by atoms with Gasteiger partial charge in [0, 0.05) is 23.2 Å². The summed E-state index contributed by atoms with van der Waals surface area (Å²) in [4.78, 5) is 66.9. The molecule has 1 aromatic heterocycles. The van der Waals surface area contributed by atoms with E-state index in [2.05, 4.69) is 33.6 Å². The van der Waals surface area contributed by atoms with Gasteiger partial charge in [0.05, 0.1) is 74.6 Å². The van der Waals surface area contributed by atoms with Gasteiger partial charge in [-0.1, -0.05) is 52.5 Å². The lowest BCUT2D eigenvalue weighted by Crippen LogP contribution is -2.37. The summed E-state index contributed by atoms with van der Waals surface area (Å²) in [6.07, 6.45) is 3.39. The highest BCUT2D eigenvalue weighted by molar-refractivity contribution is 6.51. The Labute approximate surface area is 401 Å². The monoisotopic (exact) mass is 979 g/mol. The highest BCUT2D eigenvalue weighted by atomic mass is 35.5. The Morgan fingerprint density at radius 3 is 1.57 bits per heavy atom. The Kier molecular flexibility index (Phi) is 11.5. The average molecular weight is 982 g/mol. The molecule has 2 fully saturated rings. The van der Waals surface area contributed by atoms with Crippen LogP contribution in [0.4, 0.5) is 17.1 Å². The summed E-state index contributed by atoms with van der Waals surface area (Å²) in [6, 6.07) is 20.4. The fourth-order valence-corrected chi connectivity index (χ4v) is 8.96. The lowest BCUT2D eigenvalue weighted by atomic mass is 10.1. The molecule has 0 atom stereocenters. The Morgan fingerprint density at radius 1 is 0.627 bits per heavy atom. The van der Waals surface area contributed by atoms with Crippen molar-refractivity contribution < 1.29 is 38.2 Å². The van der Waals surface area contributed by atoms with Crippen molar-refractivity contribution in [3.05, 3.63) is 86.3 Å². The summed E-state index contributed by atoms with van der Waals surface area (Å²) in [6.45, 7) is 4.21. The second-order valence-electron chi connectivity index (χ2n) is 16.7. The molecule has 0 N–H and O–H groups in total. The molecule has 10 rings (SSSR count). The zero-order valence-corrected chi connectivity index (χ0v) is 38.5. The molecule has 0 bridgehead atoms. The number of nitriles is 2. The third-order valence-corrected chi connectivity index (χ3v) is 12.9. The van der Waals surface area contributed by atoms with Gasteiger partial charge in [-0.15, -0.1) is 0 Å². The molecule has 2 saturated carbocycles. The normalized spacial score (nSPS) is 17.8. The van der Waals surface area contributed by atoms with E-state index in [0.29, 0.717) is 23.9 Å². The maximum Gasteiger partial charge on any atom is 0.297 e. The quantitative estimate of drug-likeness (QED) is 0.127. The first kappa shape index (κ1) is 45.1. The summed E-state index contributed by atoms with van der Waals surface area (Å²) >= 11 is 25.7. The minimum absolute atomic E-state index is 0.0547. The predicted molar refractivity (Wildman–Crippen MR) is 248 cm³/mol. The van der Waals surface area contributed by atoms with Crippen LogP contribution in [-0.2, 0) is 35.9 Å². The van der Waals surface area contributed by atoms with E-state index >= 15 is 0 Å². The van der Waals surface area contributed by atoms with Crippen molar-refractivity contribution in [3.8, 4) is 41.1 Å². The maximum absolute atomic E-state index is 12.5. The number of Topliss-reactive ketones (excluding diaryl/α,β-unsaturated/α-hetero) is 2. The molecule has 2 aliphatic carbocycles. The second kappa shape index (κ2) is 17.0. The number of ketones is 2. The number of hydrogen-bond acceptors (Lipinski definition) is 13. The molecule has 5 aliphatic rings. The number of amides is 3. The van der Waals surface area contributed by atoms with E-state index in [1.165, 1.54) is 24.3 Å². The van der Waals surface area contributed by atoms with Crippen molar-refractivity contribution >= 4 is 115 Å². The average Bonchev–Trinajstić information content (AvgIpc) is 4.14. The van der Waals surface area contributed by atoms with E-state index in [4.69, 9.17) is 71.1 Å². The number of nitrogens with zero attached hydrogens (tertiary/aromatic N) is 9. The highest BCUT2D eigenvalue weighted by Gasteiger charge is 2.49. The topological polar surface area (TPSA) is 213 Å². The van der Waals surface area contributed by atoms with Crippen molar-refractivity contribution in [2.75, 3.05) is 22.0 Å². The van der Waals surface area contributed by atoms with Crippen LogP contribution in [0.3, 0.4) is 0 Å². The minimum Gasteiger partial charge on any atom is -0.468 e. The van der Waals surface area contributed by atoms with Gasteiger partial charge in [-0.25, -0.2) is 0 Å². The Morgan fingerprint density at radius 2 is 1.10 bits per heavy atom. The lowest BCUT2D eigenvalue weighted by Gasteiger charge is -2.25. The van der Waals surface area contributed by atoms with Crippen LogP contribution in [0.25, 0.3) is 11.0 Å². The first-order valence-electron chi connectivity index (χ1n) is 20.5. The van der Waals surface area contributed by atoms with E-state index in [-0.39, 0.29) is 71.4 Å². The SMILES string of the molecule is CC1(N2C(=O)Cc3ccc(Oc4c(Cl)cc(N5N=C(C#N)C(=O)CC5=O)cc4Cl)cc32)CC1.COc1nc2ccc(Oc3c(Cl)cc(N4N=C(C#N)C(=O)CC4=O)cc3Cl)cc2n1C1(C)CC1. The molecule has 0 radical (unpaired) electrons. The van der Waals surface area contributed by atoms with Crippen LogP contribution in [0.2, 0.25) is 20.1 Å². The number of ether oxygens (including phenoxy) is 3. The molecule has 5 aromatic rings. The van der Waals surface area contributed by atoms with Gasteiger partial charge in [0.1, 0.15) is 23.6 Å². The molecule has 67 heavy (non-hydrogen) atoms. The van der Waals surface area contributed by atoms with E-state index in [1.54, 1.807) is 37.4 Å². The first-order chi connectivity index (χ1) is 31.9. The van der Waals surface area contributed by atoms with E-state index < -0.39 is 36.2 Å². The summed E-state index contributed by atoms with van der Waals surface area (Å²) in [5, 5.41) is 28.1. The number of anilines is 3. The van der Waals surface area contributed by atoms with Gasteiger partial charge in [-0.3, -0.25) is 28.5 Å². The Hall–Kier alpha value is -7.02. The van der Waals surface area contributed by atoms with Gasteiger partial charge in [0.15, 0.2) is 11.5 Å². The standard InChI is InChI=1S/C23H17Cl2N5O4.C23H16Cl2N4O4/c1-23(5-6-23)29-18-9-13(3-4-16(18)27-22(29)33-2)34-21-14(24)7-12(8-15(21)25)30-20(32)10-19(31)17(11-26)28-30;1-23(4-5-23)28-18-9-14(3-2-12(18)6-20(28)31)33-22-15(24)7-13(8-16(22)25)29-21(32)10-19(30)17(11-26)27-29/h3-4,7-9H,5-6,10H2,1-2H3;2-3,7-9H,4-6,10H2,1H3. The smallest absolute Gasteiger partial charge is 0.297 e. The molecule has 0 unspecified atom stereocenters. The van der Waals surface area contributed by atoms with Crippen LogP contribution in [0.1, 0.15) is 57.9 Å². The van der Waals surface area contributed by atoms with Crippen LogP contribution in [0.15, 0.2) is 70.9 Å². The van der Waals surface area contributed by atoms with Crippen molar-refractivity contribution in [1.29, 1.82) is 10.5 Å². The number of imidazole rings is 1. The van der Waals surface area contributed by atoms with Gasteiger partial charge in [0.25, 0.3) is 17.8 Å². The lowest BCUT2D eigenvalue weighted by molar-refractivity contribution is -0.126. The number of fused-ring (bicyclic) bond motifs is 2. The number of hydrogen-bond donors (Lipinski definition) is 0. The van der Waals surface area contributed by atoms with Gasteiger partial charge in [-0.2, -0.15) is 35.7 Å². The molecular weight excluding hydrogens is 948 g/mol. The van der Waals surface area contributed by atoms with Crippen molar-refractivity contribution in [1.82, 2.24) is 9.55 Å². The predicted octanol–water partition coefficient (Wildman–Crippen LogP) is 9.25. The molecule has 0 spiro atoms. The van der Waals surface area contributed by atoms with Crippen LogP contribution in [-0.4, -0.2) is 62.9 Å². The number of benzene rings is 4. The van der Waals surface area contributed by atoms with Gasteiger partial charge in [-0.05, 0) is 87.6 Å². The summed E-state index contributed by atoms with van der Waals surface area (Å²) in [5.74, 6) is -1.09. The molecule has 338 valence electrons. The Balaban J connectivity index is 0.000000168. The molecule has 0 saturated heterocycles. The number of halogens is 4. The van der Waals surface area contributed by atoms with Crippen LogP contribution in [0, 0.1) is 22.7 Å². The van der Waals surface area contributed by atoms with Crippen LogP contribution in [0.5, 0.6) is 29.0 Å². The number of carbonyl (C=O) groups excluding carboxylic acids is 5. The maximum atomic E-state index is 12.5. The molecule has 17 nitrogen and oxygen atoms in total. The molecular formula is C46H33Cl4N9O8. The zero-order valence-electron chi connectivity index (χ0n) is 35.5. The molecule has 3 amide bonds. The fraction of sp³-hybridized carbons (Fsp3) is 0.261. The first-order valence-corrected chi connectivity index (χ1v) is 22.0. The summed E-state index contributed by atoms with van der Waals surface area (Å²) < 4.78 is 19.5.